The van der Waals surface area contributed by atoms with Gasteiger partial charge in [-0.05, 0) is 49.1 Å². The molecule has 140 valence electrons. The Morgan fingerprint density at radius 1 is 0.962 bits per heavy atom. The van der Waals surface area contributed by atoms with Crippen LogP contribution in [0, 0.1) is 0 Å². The average molecular weight is 372 g/mol. The lowest BCUT2D eigenvalue weighted by Crippen LogP contribution is -2.47. The van der Waals surface area contributed by atoms with Gasteiger partial charge in [-0.1, -0.05) is 30.3 Å². The van der Waals surface area contributed by atoms with Gasteiger partial charge in [0.25, 0.3) is 0 Å². The first kappa shape index (κ1) is 19.3. The molecule has 0 aliphatic carbocycles. The van der Waals surface area contributed by atoms with Gasteiger partial charge in [-0.25, -0.2) is 0 Å². The SMILES string of the molecule is COc1ccc(SCC2(OC)CCN(CCc3ccccc3)CC2)cc1. The van der Waals surface area contributed by atoms with Gasteiger partial charge in [0.15, 0.2) is 0 Å². The van der Waals surface area contributed by atoms with Crippen LogP contribution < -0.4 is 4.74 Å². The summed E-state index contributed by atoms with van der Waals surface area (Å²) in [7, 11) is 3.57. The van der Waals surface area contributed by atoms with Gasteiger partial charge in [0.1, 0.15) is 5.75 Å². The third kappa shape index (κ3) is 5.26. The maximum atomic E-state index is 5.98. The summed E-state index contributed by atoms with van der Waals surface area (Å²) in [6.07, 6.45) is 3.32. The molecule has 0 atom stereocenters. The van der Waals surface area contributed by atoms with Crippen LogP contribution in [0.4, 0.5) is 0 Å². The van der Waals surface area contributed by atoms with Gasteiger partial charge in [0.05, 0.1) is 12.7 Å². The number of likely N-dealkylation sites (tertiary alicyclic amines) is 1. The zero-order valence-electron chi connectivity index (χ0n) is 15.8. The number of nitrogens with zero attached hydrogens (tertiary/aromatic N) is 1. The lowest BCUT2D eigenvalue weighted by molar-refractivity contribution is -0.0385. The highest BCUT2D eigenvalue weighted by Gasteiger charge is 2.34. The topological polar surface area (TPSA) is 21.7 Å². The van der Waals surface area contributed by atoms with E-state index in [1.165, 1.54) is 10.5 Å². The van der Waals surface area contributed by atoms with Crippen molar-refractivity contribution in [3.8, 4) is 5.75 Å². The second-order valence-electron chi connectivity index (χ2n) is 6.93. The predicted molar refractivity (Wildman–Crippen MR) is 109 cm³/mol. The second-order valence-corrected chi connectivity index (χ2v) is 7.98. The zero-order chi connectivity index (χ0) is 18.2. The van der Waals surface area contributed by atoms with Crippen molar-refractivity contribution >= 4 is 11.8 Å². The summed E-state index contributed by atoms with van der Waals surface area (Å²) in [5.74, 6) is 1.91. The fraction of sp³-hybridized carbons (Fsp3) is 0.455. The molecule has 0 radical (unpaired) electrons. The molecule has 1 saturated heterocycles. The fourth-order valence-electron chi connectivity index (χ4n) is 3.41. The fourth-order valence-corrected chi connectivity index (χ4v) is 4.58. The molecule has 0 unspecified atom stereocenters. The van der Waals surface area contributed by atoms with Gasteiger partial charge in [0, 0.05) is 37.4 Å². The van der Waals surface area contributed by atoms with Crippen LogP contribution in [0.15, 0.2) is 59.5 Å². The van der Waals surface area contributed by atoms with Crippen LogP contribution in [0.3, 0.4) is 0 Å². The van der Waals surface area contributed by atoms with Crippen molar-refractivity contribution in [2.24, 2.45) is 0 Å². The van der Waals surface area contributed by atoms with E-state index in [1.807, 2.05) is 31.0 Å². The van der Waals surface area contributed by atoms with Crippen LogP contribution in [0.25, 0.3) is 0 Å². The Hall–Kier alpha value is -1.49. The number of benzene rings is 2. The van der Waals surface area contributed by atoms with Gasteiger partial charge in [-0.15, -0.1) is 11.8 Å². The van der Waals surface area contributed by atoms with E-state index in [0.29, 0.717) is 0 Å². The summed E-state index contributed by atoms with van der Waals surface area (Å²) < 4.78 is 11.2. The predicted octanol–water partition coefficient (Wildman–Crippen LogP) is 4.51. The Kier molecular flexibility index (Phi) is 7.00. The highest BCUT2D eigenvalue weighted by Crippen LogP contribution is 2.33. The van der Waals surface area contributed by atoms with E-state index in [9.17, 15) is 0 Å². The molecule has 1 heterocycles. The molecular formula is C22H29NO2S. The maximum absolute atomic E-state index is 5.98. The molecule has 0 amide bonds. The third-order valence-corrected chi connectivity index (χ3v) is 6.60. The van der Waals surface area contributed by atoms with E-state index in [4.69, 9.17) is 9.47 Å². The Morgan fingerprint density at radius 2 is 1.65 bits per heavy atom. The quantitative estimate of drug-likeness (QED) is 0.637. The monoisotopic (exact) mass is 371 g/mol. The molecule has 0 bridgehead atoms. The molecule has 2 aromatic carbocycles. The molecule has 1 aliphatic rings. The summed E-state index contributed by atoms with van der Waals surface area (Å²) in [6, 6.07) is 19.1. The second kappa shape index (κ2) is 9.45. The number of ether oxygens (including phenoxy) is 2. The van der Waals surface area contributed by atoms with E-state index >= 15 is 0 Å². The number of rotatable bonds is 8. The number of hydrogen-bond acceptors (Lipinski definition) is 4. The first-order chi connectivity index (χ1) is 12.7. The van der Waals surface area contributed by atoms with Crippen molar-refractivity contribution in [2.75, 3.05) is 39.6 Å². The standard InChI is InChI=1S/C22H29NO2S/c1-24-20-8-10-21(11-9-20)26-18-22(25-2)13-16-23(17-14-22)15-12-19-6-4-3-5-7-19/h3-11H,12-18H2,1-2H3. The number of hydrogen-bond donors (Lipinski definition) is 0. The molecule has 1 fully saturated rings. The number of piperidine rings is 1. The van der Waals surface area contributed by atoms with E-state index < -0.39 is 0 Å². The van der Waals surface area contributed by atoms with Gasteiger partial charge < -0.3 is 14.4 Å². The molecule has 3 rings (SSSR count). The van der Waals surface area contributed by atoms with E-state index in [1.54, 1.807) is 7.11 Å². The van der Waals surface area contributed by atoms with Crippen LogP contribution in [-0.2, 0) is 11.2 Å². The van der Waals surface area contributed by atoms with E-state index in [0.717, 1.165) is 50.4 Å². The molecule has 0 saturated carbocycles. The molecule has 4 heteroatoms. The molecule has 0 N–H and O–H groups in total. The van der Waals surface area contributed by atoms with Gasteiger partial charge in [-0.3, -0.25) is 0 Å². The Bertz CT molecular complexity index is 652. The molecule has 2 aromatic rings. The van der Waals surface area contributed by atoms with E-state index in [2.05, 4.69) is 47.4 Å². The summed E-state index contributed by atoms with van der Waals surface area (Å²) in [6.45, 7) is 3.36. The number of methoxy groups -OCH3 is 2. The van der Waals surface area contributed by atoms with Crippen molar-refractivity contribution < 1.29 is 9.47 Å². The van der Waals surface area contributed by atoms with Gasteiger partial charge in [-0.2, -0.15) is 0 Å². The normalized spacial score (nSPS) is 17.2. The molecule has 0 spiro atoms. The Labute approximate surface area is 161 Å². The molecule has 1 aliphatic heterocycles. The van der Waals surface area contributed by atoms with Gasteiger partial charge in [0.2, 0.25) is 0 Å². The summed E-state index contributed by atoms with van der Waals surface area (Å²) in [5, 5.41) is 0. The van der Waals surface area contributed by atoms with Crippen LogP contribution in [0.5, 0.6) is 5.75 Å². The maximum Gasteiger partial charge on any atom is 0.118 e. The van der Waals surface area contributed by atoms with Crippen molar-refractivity contribution in [2.45, 2.75) is 29.8 Å². The summed E-state index contributed by atoms with van der Waals surface area (Å²) >= 11 is 1.88. The number of thioether (sulfide) groups is 1. The van der Waals surface area contributed by atoms with Crippen molar-refractivity contribution in [1.82, 2.24) is 4.90 Å². The van der Waals surface area contributed by atoms with Gasteiger partial charge >= 0.3 is 0 Å². The average Bonchev–Trinajstić information content (AvgIpc) is 2.73. The van der Waals surface area contributed by atoms with Crippen molar-refractivity contribution in [3.05, 3.63) is 60.2 Å². The van der Waals surface area contributed by atoms with Crippen LogP contribution in [0.1, 0.15) is 18.4 Å². The smallest absolute Gasteiger partial charge is 0.118 e. The first-order valence-electron chi connectivity index (χ1n) is 9.31. The molecule has 0 aromatic heterocycles. The highest BCUT2D eigenvalue weighted by atomic mass is 32.2. The Morgan fingerprint density at radius 3 is 2.27 bits per heavy atom. The largest absolute Gasteiger partial charge is 0.497 e. The minimum Gasteiger partial charge on any atom is -0.497 e. The molecule has 3 nitrogen and oxygen atoms in total. The first-order valence-corrected chi connectivity index (χ1v) is 10.3. The summed E-state index contributed by atoms with van der Waals surface area (Å²) in [4.78, 5) is 3.84. The lowest BCUT2D eigenvalue weighted by atomic mass is 9.93. The highest BCUT2D eigenvalue weighted by molar-refractivity contribution is 7.99. The molecular weight excluding hydrogens is 342 g/mol. The van der Waals surface area contributed by atoms with Crippen molar-refractivity contribution in [3.63, 3.8) is 0 Å². The Balaban J connectivity index is 1.46. The lowest BCUT2D eigenvalue weighted by Gasteiger charge is -2.40. The third-order valence-electron chi connectivity index (χ3n) is 5.32. The zero-order valence-corrected chi connectivity index (χ0v) is 16.6. The minimum absolute atomic E-state index is 0.00611. The van der Waals surface area contributed by atoms with E-state index in [-0.39, 0.29) is 5.60 Å². The van der Waals surface area contributed by atoms with Crippen LogP contribution in [0.2, 0.25) is 0 Å². The minimum atomic E-state index is -0.00611. The van der Waals surface area contributed by atoms with Crippen LogP contribution in [-0.4, -0.2) is 50.1 Å². The summed E-state index contributed by atoms with van der Waals surface area (Å²) in [5.41, 5.74) is 1.42. The van der Waals surface area contributed by atoms with Crippen LogP contribution >= 0.6 is 11.8 Å². The van der Waals surface area contributed by atoms with Crippen molar-refractivity contribution in [1.29, 1.82) is 0 Å². The molecule has 26 heavy (non-hydrogen) atoms.